The van der Waals surface area contributed by atoms with Gasteiger partial charge in [-0.3, -0.25) is 0 Å². The molecule has 1 heterocycles. The van der Waals surface area contributed by atoms with Crippen LogP contribution in [0.1, 0.15) is 29.5 Å². The molecule has 0 saturated carbocycles. The van der Waals surface area contributed by atoms with E-state index in [1.54, 1.807) is 6.08 Å². The summed E-state index contributed by atoms with van der Waals surface area (Å²) in [6.07, 6.45) is 28.8. The Morgan fingerprint density at radius 3 is 2.11 bits per heavy atom. The fourth-order valence-electron chi connectivity index (χ4n) is 7.66. The Balaban J connectivity index is 1.28. The van der Waals surface area contributed by atoms with Gasteiger partial charge in [0, 0.05) is 28.4 Å². The molecule has 0 radical (unpaired) electrons. The number of nitrogens with zero attached hydrogens (tertiary/aromatic N) is 1. The van der Waals surface area contributed by atoms with Crippen molar-refractivity contribution >= 4 is 78.5 Å². The minimum Gasteiger partial charge on any atom is -0.456 e. The number of furan rings is 1. The highest BCUT2D eigenvalue weighted by Crippen LogP contribution is 2.36. The van der Waals surface area contributed by atoms with Gasteiger partial charge in [0.05, 0.1) is 0 Å². The molecule has 8 rings (SSSR count). The zero-order valence-electron chi connectivity index (χ0n) is 31.5. The molecule has 0 saturated heterocycles. The summed E-state index contributed by atoms with van der Waals surface area (Å²) in [7, 11) is 0. The lowest BCUT2D eigenvalue weighted by Crippen LogP contribution is -2.27. The van der Waals surface area contributed by atoms with E-state index in [-0.39, 0.29) is 0 Å². The summed E-state index contributed by atoms with van der Waals surface area (Å²) in [4.78, 5) is 2.24. The Hall–Kier alpha value is -7.16. The van der Waals surface area contributed by atoms with Gasteiger partial charge < -0.3 is 9.32 Å². The largest absolute Gasteiger partial charge is 0.456 e. The maximum absolute atomic E-state index is 6.46. The maximum Gasteiger partial charge on any atom is 0.136 e. The fourth-order valence-corrected chi connectivity index (χ4v) is 7.66. The van der Waals surface area contributed by atoms with Crippen LogP contribution in [0, 0.1) is 0 Å². The summed E-state index contributed by atoms with van der Waals surface area (Å²) in [5, 5.41) is 9.60. The number of benzene rings is 6. The fraction of sp³-hybridized carbons (Fsp3) is 0.0370. The van der Waals surface area contributed by atoms with Crippen molar-refractivity contribution in [1.29, 1.82) is 0 Å². The van der Waals surface area contributed by atoms with Crippen LogP contribution < -0.4 is 15.3 Å². The smallest absolute Gasteiger partial charge is 0.136 e. The van der Waals surface area contributed by atoms with Crippen molar-refractivity contribution in [3.8, 4) is 0 Å². The molecule has 0 fully saturated rings. The second-order valence-corrected chi connectivity index (χ2v) is 13.8. The van der Waals surface area contributed by atoms with Crippen molar-refractivity contribution in [3.63, 3.8) is 0 Å². The SMILES string of the molecule is C=C/C=C\C(=C\c1cccc2oc3cc4ccccc4cc3c12)N(/C=C/C=C(\C=C)c1ccc(/C(C=C)=C/C=C)cc1)c1ccc2c3c(ccc2c1)=CCCC=3. The molecule has 1 aliphatic carbocycles. The van der Waals surface area contributed by atoms with E-state index in [0.717, 1.165) is 79.4 Å². The Morgan fingerprint density at radius 1 is 0.607 bits per heavy atom. The molecule has 6 aromatic carbocycles. The Labute approximate surface area is 328 Å². The van der Waals surface area contributed by atoms with Gasteiger partial charge in [0.25, 0.3) is 0 Å². The van der Waals surface area contributed by atoms with Crippen molar-refractivity contribution in [3.05, 3.63) is 229 Å². The van der Waals surface area contributed by atoms with E-state index in [0.29, 0.717) is 0 Å². The first-order valence-electron chi connectivity index (χ1n) is 19.0. The first-order chi connectivity index (χ1) is 27.6. The van der Waals surface area contributed by atoms with Crippen LogP contribution >= 0.6 is 0 Å². The van der Waals surface area contributed by atoms with Gasteiger partial charge in [-0.1, -0.05) is 160 Å². The summed E-state index contributed by atoms with van der Waals surface area (Å²) < 4.78 is 6.46. The molecule has 7 aromatic rings. The van der Waals surface area contributed by atoms with E-state index in [1.807, 2.05) is 30.4 Å². The molecule has 0 unspecified atom stereocenters. The summed E-state index contributed by atoms with van der Waals surface area (Å²) in [5.41, 5.74) is 8.97. The van der Waals surface area contributed by atoms with Crippen LogP contribution in [0.15, 0.2) is 207 Å². The van der Waals surface area contributed by atoms with Gasteiger partial charge >= 0.3 is 0 Å². The Kier molecular flexibility index (Phi) is 10.3. The Morgan fingerprint density at radius 2 is 1.36 bits per heavy atom. The second-order valence-electron chi connectivity index (χ2n) is 13.8. The lowest BCUT2D eigenvalue weighted by molar-refractivity contribution is 0.669. The van der Waals surface area contributed by atoms with Crippen molar-refractivity contribution in [2.75, 3.05) is 4.90 Å². The third kappa shape index (κ3) is 7.09. The molecule has 2 nitrogen and oxygen atoms in total. The van der Waals surface area contributed by atoms with Gasteiger partial charge in [0.1, 0.15) is 11.2 Å². The average molecular weight is 722 g/mol. The van der Waals surface area contributed by atoms with Gasteiger partial charge in [0.15, 0.2) is 0 Å². The van der Waals surface area contributed by atoms with Gasteiger partial charge in [0.2, 0.25) is 0 Å². The normalized spacial score (nSPS) is 13.6. The first kappa shape index (κ1) is 35.8. The van der Waals surface area contributed by atoms with Crippen LogP contribution in [-0.4, -0.2) is 0 Å². The molecule has 1 aromatic heterocycles. The number of rotatable bonds is 12. The molecule has 270 valence electrons. The van der Waals surface area contributed by atoms with Crippen LogP contribution in [0.25, 0.3) is 72.9 Å². The summed E-state index contributed by atoms with van der Waals surface area (Å²) in [6, 6.07) is 38.8. The van der Waals surface area contributed by atoms with Crippen molar-refractivity contribution in [2.24, 2.45) is 0 Å². The summed E-state index contributed by atoms with van der Waals surface area (Å²) in [6.45, 7) is 16.0. The predicted octanol–water partition coefficient (Wildman–Crippen LogP) is 13.4. The van der Waals surface area contributed by atoms with Crippen LogP contribution in [0.4, 0.5) is 5.69 Å². The summed E-state index contributed by atoms with van der Waals surface area (Å²) in [5.74, 6) is 0. The molecule has 0 amide bonds. The molecule has 0 atom stereocenters. The minimum absolute atomic E-state index is 0.853. The minimum atomic E-state index is 0.853. The number of hydrogen-bond donors (Lipinski definition) is 0. The molecule has 2 heteroatoms. The highest BCUT2D eigenvalue weighted by Gasteiger charge is 2.15. The number of hydrogen-bond acceptors (Lipinski definition) is 2. The lowest BCUT2D eigenvalue weighted by atomic mass is 9.99. The van der Waals surface area contributed by atoms with Gasteiger partial charge in [-0.2, -0.15) is 0 Å². The third-order valence-corrected chi connectivity index (χ3v) is 10.4. The molecule has 1 aliphatic rings. The van der Waals surface area contributed by atoms with Crippen LogP contribution in [0.2, 0.25) is 0 Å². The summed E-state index contributed by atoms with van der Waals surface area (Å²) >= 11 is 0. The van der Waals surface area contributed by atoms with E-state index >= 15 is 0 Å². The Bertz CT molecular complexity index is 2970. The number of allylic oxidation sites excluding steroid dienone is 11. The monoisotopic (exact) mass is 721 g/mol. The number of fused-ring (bicyclic) bond motifs is 7. The molecule has 56 heavy (non-hydrogen) atoms. The van der Waals surface area contributed by atoms with E-state index in [2.05, 4.69) is 183 Å². The van der Waals surface area contributed by atoms with Crippen molar-refractivity contribution in [2.45, 2.75) is 12.8 Å². The topological polar surface area (TPSA) is 16.4 Å². The van der Waals surface area contributed by atoms with E-state index < -0.39 is 0 Å². The highest BCUT2D eigenvalue weighted by atomic mass is 16.3. The maximum atomic E-state index is 6.46. The van der Waals surface area contributed by atoms with Crippen molar-refractivity contribution in [1.82, 2.24) is 0 Å². The predicted molar refractivity (Wildman–Crippen MR) is 245 cm³/mol. The van der Waals surface area contributed by atoms with Gasteiger partial charge in [-0.15, -0.1) is 0 Å². The standard InChI is InChI=1S/C54H43NO/c1-5-9-22-47(35-46-20-14-24-52-54(46)51-36-43-18-10-11-19-44(43)37-53(51)56-52)55(48-31-32-50-45(34-48)30-29-42-17-12-13-23-49(42)50)33-15-21-39(8-4)41-27-25-40(26-28-41)38(7-3)16-6-2/h5-11,14-37H,1-4,12-13H2/b22-9-,33-15+,38-16+,39-21+,47-35-. The van der Waals surface area contributed by atoms with E-state index in [4.69, 9.17) is 4.42 Å². The molecule has 0 aliphatic heterocycles. The second kappa shape index (κ2) is 16.1. The van der Waals surface area contributed by atoms with Crippen LogP contribution in [-0.2, 0) is 0 Å². The van der Waals surface area contributed by atoms with Crippen LogP contribution in [0.3, 0.4) is 0 Å². The first-order valence-corrected chi connectivity index (χ1v) is 19.0. The average Bonchev–Trinajstić information content (AvgIpc) is 3.61. The van der Waals surface area contributed by atoms with E-state index in [9.17, 15) is 0 Å². The zero-order chi connectivity index (χ0) is 38.4. The number of anilines is 1. The van der Waals surface area contributed by atoms with E-state index in [1.165, 1.54) is 26.6 Å². The lowest BCUT2D eigenvalue weighted by Gasteiger charge is -2.23. The van der Waals surface area contributed by atoms with Crippen molar-refractivity contribution < 1.29 is 4.42 Å². The molecule has 0 N–H and O–H groups in total. The molecule has 0 bridgehead atoms. The molecular formula is C54H43NO. The molecular weight excluding hydrogens is 679 g/mol. The quantitative estimate of drug-likeness (QED) is 0.117. The highest BCUT2D eigenvalue weighted by molar-refractivity contribution is 6.13. The van der Waals surface area contributed by atoms with Gasteiger partial charge in [-0.05, 0) is 121 Å². The van der Waals surface area contributed by atoms with Crippen LogP contribution in [0.5, 0.6) is 0 Å². The van der Waals surface area contributed by atoms with Gasteiger partial charge in [-0.25, -0.2) is 0 Å². The third-order valence-electron chi connectivity index (χ3n) is 10.4. The zero-order valence-corrected chi connectivity index (χ0v) is 31.5. The molecule has 0 spiro atoms.